The first-order chi connectivity index (χ1) is 14.4. The third kappa shape index (κ3) is 3.32. The van der Waals surface area contributed by atoms with Gasteiger partial charge in [-0.3, -0.25) is 4.79 Å². The lowest BCUT2D eigenvalue weighted by molar-refractivity contribution is -0.160. The molecule has 2 atom stereocenters. The maximum Gasteiger partial charge on any atom is 0.396 e. The summed E-state index contributed by atoms with van der Waals surface area (Å²) >= 11 is 1.81. The van der Waals surface area contributed by atoms with Gasteiger partial charge in [0.15, 0.2) is 0 Å². The lowest BCUT2D eigenvalue weighted by Crippen LogP contribution is -2.59. The highest BCUT2D eigenvalue weighted by Gasteiger charge is 2.52. The first-order valence-electron chi connectivity index (χ1n) is 10.9. The van der Waals surface area contributed by atoms with E-state index < -0.39 is 11.9 Å². The van der Waals surface area contributed by atoms with Crippen molar-refractivity contribution in [3.05, 3.63) is 28.8 Å². The molecular weight excluding hydrogens is 398 g/mol. The minimum Gasteiger partial charge on any atom is -0.462 e. The second-order valence-electron chi connectivity index (χ2n) is 9.70. The first-order valence-corrected chi connectivity index (χ1v) is 11.7. The zero-order valence-corrected chi connectivity index (χ0v) is 18.7. The molecule has 2 aromatic rings. The lowest BCUT2D eigenvalue weighted by atomic mass is 9.58. The van der Waals surface area contributed by atoms with Crippen LogP contribution < -0.4 is 0 Å². The van der Waals surface area contributed by atoms with Crippen LogP contribution in [0.5, 0.6) is 0 Å². The molecule has 1 spiro atoms. The number of thiazole rings is 1. The van der Waals surface area contributed by atoms with E-state index in [0.717, 1.165) is 23.9 Å². The summed E-state index contributed by atoms with van der Waals surface area (Å²) in [6.07, 6.45) is 4.40. The Morgan fingerprint density at radius 2 is 2.00 bits per heavy atom. The van der Waals surface area contributed by atoms with Crippen LogP contribution in [0.4, 0.5) is 0 Å². The molecule has 2 saturated heterocycles. The van der Waals surface area contributed by atoms with Crippen molar-refractivity contribution >= 4 is 33.4 Å². The van der Waals surface area contributed by atoms with E-state index in [2.05, 4.69) is 37.1 Å². The first kappa shape index (κ1) is 19.9. The summed E-state index contributed by atoms with van der Waals surface area (Å²) in [4.78, 5) is 33.6. The summed E-state index contributed by atoms with van der Waals surface area (Å²) in [7, 11) is 3.45. The van der Waals surface area contributed by atoms with Crippen molar-refractivity contribution in [2.75, 3.05) is 33.8 Å². The lowest BCUT2D eigenvalue weighted by Gasteiger charge is -2.58. The zero-order valence-electron chi connectivity index (χ0n) is 17.9. The molecule has 0 N–H and O–H groups in total. The van der Waals surface area contributed by atoms with Crippen molar-refractivity contribution < 1.29 is 14.3 Å². The zero-order chi connectivity index (χ0) is 21.0. The summed E-state index contributed by atoms with van der Waals surface area (Å²) in [6.45, 7) is 5.15. The topological polar surface area (TPSA) is 62.7 Å². The van der Waals surface area contributed by atoms with Gasteiger partial charge in [0.1, 0.15) is 0 Å². The Bertz CT molecular complexity index is 989. The van der Waals surface area contributed by atoms with Crippen LogP contribution in [-0.2, 0) is 14.3 Å². The van der Waals surface area contributed by atoms with Crippen LogP contribution in [0, 0.1) is 11.3 Å². The standard InChI is InChI=1S/C23H29N3O3S/c1-14-4-6-18(26(11-14)21(27)22(28)29-3)15-5-7-19-17(8-15)24-20(30-19)16-9-23(10-16)12-25(2)13-23/h5,7-8,14,16,18H,4,6,9-13H2,1-3H3/t14-,18+/m0/s1. The quantitative estimate of drug-likeness (QED) is 0.542. The highest BCUT2D eigenvalue weighted by atomic mass is 32.1. The molecule has 7 heteroatoms. The molecule has 1 aliphatic carbocycles. The van der Waals surface area contributed by atoms with Crippen LogP contribution in [0.3, 0.4) is 0 Å². The third-order valence-electron chi connectivity index (χ3n) is 7.17. The average molecular weight is 428 g/mol. The predicted molar refractivity (Wildman–Crippen MR) is 116 cm³/mol. The van der Waals surface area contributed by atoms with Gasteiger partial charge in [-0.15, -0.1) is 11.3 Å². The molecule has 160 valence electrons. The monoisotopic (exact) mass is 427 g/mol. The van der Waals surface area contributed by atoms with Gasteiger partial charge in [-0.1, -0.05) is 13.0 Å². The number of aromatic nitrogens is 1. The summed E-state index contributed by atoms with van der Waals surface area (Å²) in [5.41, 5.74) is 2.63. The SMILES string of the molecule is COC(=O)C(=O)N1C[C@@H](C)CC[C@@H]1c1ccc2sc(C3CC4(C3)CN(C)C4)nc2c1. The number of carbonyl (C=O) groups is 2. The van der Waals surface area contributed by atoms with Gasteiger partial charge in [-0.2, -0.15) is 0 Å². The molecule has 6 nitrogen and oxygen atoms in total. The number of esters is 1. The molecule has 3 heterocycles. The fourth-order valence-corrected chi connectivity index (χ4v) is 6.84. The van der Waals surface area contributed by atoms with Crippen LogP contribution >= 0.6 is 11.3 Å². The van der Waals surface area contributed by atoms with Gasteiger partial charge in [0.2, 0.25) is 0 Å². The smallest absolute Gasteiger partial charge is 0.396 e. The van der Waals surface area contributed by atoms with E-state index in [-0.39, 0.29) is 6.04 Å². The highest BCUT2D eigenvalue weighted by molar-refractivity contribution is 7.18. The minimum atomic E-state index is -0.785. The molecule has 5 rings (SSSR count). The Morgan fingerprint density at radius 1 is 1.23 bits per heavy atom. The number of ether oxygens (including phenoxy) is 1. The Balaban J connectivity index is 1.37. The number of benzene rings is 1. The van der Waals surface area contributed by atoms with Gasteiger partial charge in [0, 0.05) is 25.6 Å². The van der Waals surface area contributed by atoms with E-state index in [9.17, 15) is 9.59 Å². The molecule has 1 aromatic carbocycles. The fraction of sp³-hybridized carbons (Fsp3) is 0.609. The average Bonchev–Trinajstić information content (AvgIpc) is 3.11. The van der Waals surface area contributed by atoms with Gasteiger partial charge in [0.05, 0.1) is 28.4 Å². The Labute approximate surface area is 181 Å². The number of carbonyl (C=O) groups excluding carboxylic acids is 2. The second kappa shape index (κ2) is 7.31. The Morgan fingerprint density at radius 3 is 2.70 bits per heavy atom. The van der Waals surface area contributed by atoms with E-state index in [1.165, 1.54) is 42.7 Å². The number of nitrogens with zero attached hydrogens (tertiary/aromatic N) is 3. The molecule has 0 radical (unpaired) electrons. The van der Waals surface area contributed by atoms with Crippen molar-refractivity contribution in [1.82, 2.24) is 14.8 Å². The normalized spacial score (nSPS) is 26.4. The summed E-state index contributed by atoms with van der Waals surface area (Å²) in [6, 6.07) is 6.26. The van der Waals surface area contributed by atoms with E-state index in [0.29, 0.717) is 23.8 Å². The fourth-order valence-electron chi connectivity index (χ4n) is 5.79. The van der Waals surface area contributed by atoms with Crippen molar-refractivity contribution in [3.63, 3.8) is 0 Å². The molecule has 0 unspecified atom stereocenters. The van der Waals surface area contributed by atoms with Crippen molar-refractivity contribution in [3.8, 4) is 0 Å². The van der Waals surface area contributed by atoms with Crippen LogP contribution in [0.25, 0.3) is 10.2 Å². The van der Waals surface area contributed by atoms with Crippen molar-refractivity contribution in [1.29, 1.82) is 0 Å². The van der Waals surface area contributed by atoms with Crippen LogP contribution in [-0.4, -0.2) is 60.5 Å². The molecule has 3 fully saturated rings. The van der Waals surface area contributed by atoms with Crippen LogP contribution in [0.2, 0.25) is 0 Å². The molecular formula is C23H29N3O3S. The predicted octanol–water partition coefficient (Wildman–Crippen LogP) is 3.58. The van der Waals surface area contributed by atoms with E-state index in [1.807, 2.05) is 11.3 Å². The number of rotatable bonds is 2. The number of hydrogen-bond acceptors (Lipinski definition) is 6. The second-order valence-corrected chi connectivity index (χ2v) is 10.8. The molecule has 1 saturated carbocycles. The Hall–Kier alpha value is -1.99. The third-order valence-corrected chi connectivity index (χ3v) is 8.37. The molecule has 1 amide bonds. The van der Waals surface area contributed by atoms with E-state index in [4.69, 9.17) is 9.72 Å². The van der Waals surface area contributed by atoms with Crippen LogP contribution in [0.15, 0.2) is 18.2 Å². The van der Waals surface area contributed by atoms with Gasteiger partial charge in [0.25, 0.3) is 0 Å². The minimum absolute atomic E-state index is 0.0974. The maximum absolute atomic E-state index is 12.6. The number of fused-ring (bicyclic) bond motifs is 1. The maximum atomic E-state index is 12.6. The number of amides is 1. The summed E-state index contributed by atoms with van der Waals surface area (Å²) in [5, 5.41) is 1.25. The summed E-state index contributed by atoms with van der Waals surface area (Å²) in [5.74, 6) is -0.363. The number of piperidine rings is 1. The molecule has 3 aliphatic rings. The van der Waals surface area contributed by atoms with Gasteiger partial charge in [-0.25, -0.2) is 9.78 Å². The van der Waals surface area contributed by atoms with Crippen LogP contribution in [0.1, 0.15) is 55.1 Å². The van der Waals surface area contributed by atoms with Gasteiger partial charge >= 0.3 is 11.9 Å². The number of likely N-dealkylation sites (tertiary alicyclic amines) is 2. The largest absolute Gasteiger partial charge is 0.462 e. The summed E-state index contributed by atoms with van der Waals surface area (Å²) < 4.78 is 5.90. The molecule has 0 bridgehead atoms. The number of methoxy groups -OCH3 is 1. The molecule has 30 heavy (non-hydrogen) atoms. The number of hydrogen-bond donors (Lipinski definition) is 0. The van der Waals surface area contributed by atoms with Gasteiger partial charge in [-0.05, 0) is 61.8 Å². The van der Waals surface area contributed by atoms with Crippen molar-refractivity contribution in [2.45, 2.75) is 44.6 Å². The molecule has 2 aliphatic heterocycles. The van der Waals surface area contributed by atoms with Crippen molar-refractivity contribution in [2.24, 2.45) is 11.3 Å². The highest BCUT2D eigenvalue weighted by Crippen LogP contribution is 2.56. The van der Waals surface area contributed by atoms with E-state index in [1.54, 1.807) is 4.90 Å². The van der Waals surface area contributed by atoms with Gasteiger partial charge < -0.3 is 14.5 Å². The Kier molecular flexibility index (Phi) is 4.86. The molecule has 1 aromatic heterocycles. The van der Waals surface area contributed by atoms with E-state index >= 15 is 0 Å².